The molecule has 31 heavy (non-hydrogen) atoms. The summed E-state index contributed by atoms with van der Waals surface area (Å²) in [4.78, 5) is 22.7. The Morgan fingerprint density at radius 3 is 2.23 bits per heavy atom. The van der Waals surface area contributed by atoms with Crippen molar-refractivity contribution < 1.29 is 22.0 Å². The molecule has 7 nitrogen and oxygen atoms in total. The SMILES string of the molecule is O=C(Nc1ccc(S(=O)(=O)F)cc1)/C(=C/c1ccc([N+](=O)[O-])cc1)c1cccc(Cl)c1. The van der Waals surface area contributed by atoms with Crippen molar-refractivity contribution in [1.82, 2.24) is 0 Å². The van der Waals surface area contributed by atoms with Crippen molar-refractivity contribution in [2.75, 3.05) is 5.32 Å². The van der Waals surface area contributed by atoms with Gasteiger partial charge in [0.1, 0.15) is 0 Å². The molecule has 0 unspecified atom stereocenters. The number of hydrogen-bond acceptors (Lipinski definition) is 5. The van der Waals surface area contributed by atoms with Gasteiger partial charge in [-0.25, -0.2) is 0 Å². The highest BCUT2D eigenvalue weighted by molar-refractivity contribution is 7.86. The lowest BCUT2D eigenvalue weighted by molar-refractivity contribution is -0.384. The van der Waals surface area contributed by atoms with Crippen LogP contribution in [0.3, 0.4) is 0 Å². The molecule has 0 bridgehead atoms. The van der Waals surface area contributed by atoms with Crippen molar-refractivity contribution in [3.05, 3.63) is 99.1 Å². The maximum atomic E-state index is 13.0. The Kier molecular flexibility index (Phi) is 6.47. The van der Waals surface area contributed by atoms with E-state index in [1.165, 1.54) is 42.5 Å². The number of amides is 1. The van der Waals surface area contributed by atoms with Crippen LogP contribution in [0.5, 0.6) is 0 Å². The van der Waals surface area contributed by atoms with E-state index in [9.17, 15) is 27.2 Å². The predicted octanol–water partition coefficient (Wildman–Crippen LogP) is 5.09. The summed E-state index contributed by atoms with van der Waals surface area (Å²) in [5.41, 5.74) is 1.39. The van der Waals surface area contributed by atoms with Crippen molar-refractivity contribution >= 4 is 50.8 Å². The van der Waals surface area contributed by atoms with E-state index >= 15 is 0 Å². The second-order valence-corrected chi connectivity index (χ2v) is 8.12. The maximum Gasteiger partial charge on any atom is 0.332 e. The minimum atomic E-state index is -4.85. The van der Waals surface area contributed by atoms with E-state index in [4.69, 9.17) is 11.6 Å². The third kappa shape index (κ3) is 5.74. The highest BCUT2D eigenvalue weighted by Gasteiger charge is 2.15. The van der Waals surface area contributed by atoms with E-state index in [2.05, 4.69) is 5.32 Å². The fourth-order valence-corrected chi connectivity index (χ4v) is 3.35. The molecule has 1 N–H and O–H groups in total. The number of nitrogens with zero attached hydrogens (tertiary/aromatic N) is 1. The minimum Gasteiger partial charge on any atom is -0.322 e. The molecule has 0 spiro atoms. The van der Waals surface area contributed by atoms with E-state index in [0.29, 0.717) is 16.1 Å². The lowest BCUT2D eigenvalue weighted by Gasteiger charge is -2.11. The number of hydrogen-bond donors (Lipinski definition) is 1. The largest absolute Gasteiger partial charge is 0.332 e. The van der Waals surface area contributed by atoms with Crippen LogP contribution in [0.1, 0.15) is 11.1 Å². The molecule has 0 fully saturated rings. The van der Waals surface area contributed by atoms with Gasteiger partial charge in [0.25, 0.3) is 11.6 Å². The first-order chi connectivity index (χ1) is 14.6. The van der Waals surface area contributed by atoms with Gasteiger partial charge >= 0.3 is 10.2 Å². The summed E-state index contributed by atoms with van der Waals surface area (Å²) in [7, 11) is -4.85. The molecule has 3 rings (SSSR count). The molecule has 0 saturated heterocycles. The van der Waals surface area contributed by atoms with Crippen molar-refractivity contribution in [2.45, 2.75) is 4.90 Å². The number of nitro benzene ring substituents is 1. The summed E-state index contributed by atoms with van der Waals surface area (Å²) in [6.07, 6.45) is 1.53. The second kappa shape index (κ2) is 9.07. The fourth-order valence-electron chi connectivity index (χ4n) is 2.69. The molecule has 0 aliphatic rings. The van der Waals surface area contributed by atoms with Crippen LogP contribution in [-0.4, -0.2) is 19.2 Å². The number of carbonyl (C=O) groups excluding carboxylic acids is 1. The highest BCUT2D eigenvalue weighted by atomic mass is 35.5. The minimum absolute atomic E-state index is 0.0891. The summed E-state index contributed by atoms with van der Waals surface area (Å²) < 4.78 is 34.9. The quantitative estimate of drug-likeness (QED) is 0.181. The third-order valence-electron chi connectivity index (χ3n) is 4.19. The molecule has 0 radical (unpaired) electrons. The molecule has 1 amide bonds. The number of halogens is 2. The molecule has 3 aromatic carbocycles. The lowest BCUT2D eigenvalue weighted by Crippen LogP contribution is -2.13. The summed E-state index contributed by atoms with van der Waals surface area (Å²) in [5, 5.41) is 13.9. The van der Waals surface area contributed by atoms with Crippen molar-refractivity contribution in [1.29, 1.82) is 0 Å². The Labute approximate surface area is 182 Å². The molecule has 0 atom stereocenters. The first kappa shape index (κ1) is 22.1. The zero-order chi connectivity index (χ0) is 22.6. The summed E-state index contributed by atoms with van der Waals surface area (Å²) in [6.45, 7) is 0. The van der Waals surface area contributed by atoms with E-state index < -0.39 is 25.9 Å². The van der Waals surface area contributed by atoms with Crippen molar-refractivity contribution in [2.24, 2.45) is 0 Å². The van der Waals surface area contributed by atoms with Crippen LogP contribution in [-0.2, 0) is 15.0 Å². The molecule has 0 aliphatic heterocycles. The Morgan fingerprint density at radius 1 is 1.03 bits per heavy atom. The van der Waals surface area contributed by atoms with Crippen LogP contribution in [0.15, 0.2) is 77.7 Å². The molecule has 0 aliphatic carbocycles. The molecule has 10 heteroatoms. The van der Waals surface area contributed by atoms with Gasteiger partial charge in [-0.15, -0.1) is 3.89 Å². The van der Waals surface area contributed by atoms with Gasteiger partial charge in [-0.1, -0.05) is 23.7 Å². The van der Waals surface area contributed by atoms with Crippen molar-refractivity contribution in [3.8, 4) is 0 Å². The smallest absolute Gasteiger partial charge is 0.322 e. The normalized spacial score (nSPS) is 11.7. The number of benzene rings is 3. The van der Waals surface area contributed by atoms with Gasteiger partial charge in [0, 0.05) is 28.4 Å². The van der Waals surface area contributed by atoms with Gasteiger partial charge in [0.2, 0.25) is 0 Å². The number of non-ortho nitro benzene ring substituents is 1. The zero-order valence-corrected chi connectivity index (χ0v) is 17.2. The molecule has 0 heterocycles. The Balaban J connectivity index is 1.96. The van der Waals surface area contributed by atoms with Gasteiger partial charge in [-0.3, -0.25) is 14.9 Å². The number of rotatable bonds is 6. The van der Waals surface area contributed by atoms with Gasteiger partial charge in [0.15, 0.2) is 0 Å². The van der Waals surface area contributed by atoms with Gasteiger partial charge in [-0.05, 0) is 65.7 Å². The molecular formula is C21H14ClFN2O5S. The zero-order valence-electron chi connectivity index (χ0n) is 15.7. The molecular weight excluding hydrogens is 447 g/mol. The van der Waals surface area contributed by atoms with Crippen LogP contribution in [0.4, 0.5) is 15.3 Å². The number of anilines is 1. The highest BCUT2D eigenvalue weighted by Crippen LogP contribution is 2.25. The first-order valence-corrected chi connectivity index (χ1v) is 10.5. The molecule has 158 valence electrons. The average Bonchev–Trinajstić information content (AvgIpc) is 2.72. The molecule has 3 aromatic rings. The van der Waals surface area contributed by atoms with Gasteiger partial charge in [-0.2, -0.15) is 8.42 Å². The summed E-state index contributed by atoms with van der Waals surface area (Å²) in [6, 6.07) is 16.8. The van der Waals surface area contributed by atoms with Crippen LogP contribution < -0.4 is 5.32 Å². The number of nitro groups is 1. The molecule has 0 saturated carbocycles. The second-order valence-electron chi connectivity index (χ2n) is 6.33. The monoisotopic (exact) mass is 460 g/mol. The van der Waals surface area contributed by atoms with E-state index in [-0.39, 0.29) is 16.9 Å². The predicted molar refractivity (Wildman–Crippen MR) is 116 cm³/mol. The van der Waals surface area contributed by atoms with E-state index in [1.807, 2.05) is 0 Å². The first-order valence-electron chi connectivity index (χ1n) is 8.72. The topological polar surface area (TPSA) is 106 Å². The average molecular weight is 461 g/mol. The Bertz CT molecular complexity index is 1270. The fraction of sp³-hybridized carbons (Fsp3) is 0. The third-order valence-corrected chi connectivity index (χ3v) is 5.26. The maximum absolute atomic E-state index is 13.0. The van der Waals surface area contributed by atoms with Crippen LogP contribution in [0.25, 0.3) is 11.6 Å². The van der Waals surface area contributed by atoms with Crippen LogP contribution >= 0.6 is 11.6 Å². The Morgan fingerprint density at radius 2 is 1.68 bits per heavy atom. The van der Waals surface area contributed by atoms with Gasteiger partial charge < -0.3 is 5.32 Å². The van der Waals surface area contributed by atoms with E-state index in [0.717, 1.165) is 12.1 Å². The van der Waals surface area contributed by atoms with Crippen molar-refractivity contribution in [3.63, 3.8) is 0 Å². The van der Waals surface area contributed by atoms with Crippen LogP contribution in [0, 0.1) is 10.1 Å². The molecule has 0 aromatic heterocycles. The van der Waals surface area contributed by atoms with Gasteiger partial charge in [0.05, 0.1) is 9.82 Å². The van der Waals surface area contributed by atoms with E-state index in [1.54, 1.807) is 24.3 Å². The standard InChI is InChI=1S/C21H14ClFN2O5S/c22-16-3-1-2-15(13-16)20(12-14-4-8-18(9-5-14)25(27)28)21(26)24-17-6-10-19(11-7-17)31(23,29)30/h1-13H,(H,24,26)/b20-12+. The Hall–Kier alpha value is -3.56. The summed E-state index contributed by atoms with van der Waals surface area (Å²) in [5.74, 6) is -0.545. The number of carbonyl (C=O) groups is 1. The van der Waals surface area contributed by atoms with Crippen LogP contribution in [0.2, 0.25) is 5.02 Å². The lowest BCUT2D eigenvalue weighted by atomic mass is 10.0. The summed E-state index contributed by atoms with van der Waals surface area (Å²) >= 11 is 6.05. The number of nitrogens with one attached hydrogen (secondary N) is 1.